The molecular weight excluding hydrogens is 236 g/mol. The summed E-state index contributed by atoms with van der Waals surface area (Å²) in [6.07, 6.45) is 2.63. The van der Waals surface area contributed by atoms with Gasteiger partial charge in [0, 0.05) is 11.8 Å². The monoisotopic (exact) mass is 260 g/mol. The molecular formula is C16H24N2O. The maximum absolute atomic E-state index is 11.2. The lowest BCUT2D eigenvalue weighted by Gasteiger charge is -2.01. The van der Waals surface area contributed by atoms with E-state index in [1.807, 2.05) is 40.7 Å². The van der Waals surface area contributed by atoms with E-state index in [9.17, 15) is 4.79 Å². The molecule has 1 aromatic heterocycles. The zero-order valence-electron chi connectivity index (χ0n) is 12.8. The summed E-state index contributed by atoms with van der Waals surface area (Å²) in [6, 6.07) is 5.41. The van der Waals surface area contributed by atoms with Gasteiger partial charge in [-0.25, -0.2) is 4.98 Å². The van der Waals surface area contributed by atoms with Crippen LogP contribution in [0.5, 0.6) is 0 Å². The van der Waals surface area contributed by atoms with Gasteiger partial charge in [-0.1, -0.05) is 34.6 Å². The lowest BCUT2D eigenvalue weighted by atomic mass is 10.1. The summed E-state index contributed by atoms with van der Waals surface area (Å²) in [7, 11) is 0. The van der Waals surface area contributed by atoms with Crippen molar-refractivity contribution in [2.24, 2.45) is 0 Å². The Morgan fingerprint density at radius 3 is 2.26 bits per heavy atom. The highest BCUT2D eigenvalue weighted by molar-refractivity contribution is 5.97. The molecule has 0 atom stereocenters. The van der Waals surface area contributed by atoms with Crippen LogP contribution in [0.2, 0.25) is 0 Å². The van der Waals surface area contributed by atoms with Crippen LogP contribution in [0, 0.1) is 0 Å². The maximum Gasteiger partial charge on any atom is 0.159 e. The summed E-state index contributed by atoms with van der Waals surface area (Å²) in [6.45, 7) is 11.6. The van der Waals surface area contributed by atoms with Crippen molar-refractivity contribution < 1.29 is 4.79 Å². The van der Waals surface area contributed by atoms with Crippen molar-refractivity contribution in [2.45, 2.75) is 48.0 Å². The highest BCUT2D eigenvalue weighted by Gasteiger charge is 2.03. The van der Waals surface area contributed by atoms with Gasteiger partial charge in [-0.05, 0) is 31.5 Å². The number of nitrogens with zero attached hydrogens (tertiary/aromatic N) is 2. The van der Waals surface area contributed by atoms with Gasteiger partial charge < -0.3 is 0 Å². The number of hydrogen-bond donors (Lipinski definition) is 0. The smallest absolute Gasteiger partial charge is 0.159 e. The van der Waals surface area contributed by atoms with E-state index in [0.29, 0.717) is 5.56 Å². The first-order valence-corrected chi connectivity index (χ1v) is 6.97. The molecule has 0 aliphatic carbocycles. The van der Waals surface area contributed by atoms with Crippen molar-refractivity contribution in [3.05, 3.63) is 35.7 Å². The van der Waals surface area contributed by atoms with Crippen LogP contribution < -0.4 is 0 Å². The fourth-order valence-corrected chi connectivity index (χ4v) is 1.44. The molecule has 0 saturated heterocycles. The number of fused-ring (bicyclic) bond motifs is 1. The molecule has 0 unspecified atom stereocenters. The van der Waals surface area contributed by atoms with Crippen molar-refractivity contribution in [1.29, 1.82) is 0 Å². The highest BCUT2D eigenvalue weighted by atomic mass is 16.1. The highest BCUT2D eigenvalue weighted by Crippen LogP contribution is 2.12. The summed E-state index contributed by atoms with van der Waals surface area (Å²) >= 11 is 0. The van der Waals surface area contributed by atoms with Crippen LogP contribution in [0.25, 0.3) is 11.0 Å². The molecule has 1 heterocycles. The summed E-state index contributed by atoms with van der Waals surface area (Å²) in [5.41, 5.74) is 3.26. The van der Waals surface area contributed by atoms with E-state index in [-0.39, 0.29) is 5.78 Å². The summed E-state index contributed by atoms with van der Waals surface area (Å²) < 4.78 is 0. The molecule has 0 amide bonds. The first kappa shape index (κ1) is 17.2. The minimum atomic E-state index is 0.0561. The van der Waals surface area contributed by atoms with Gasteiger partial charge in [0.1, 0.15) is 0 Å². The number of carbonyl (C=O) groups excluding carboxylic acids is 1. The minimum Gasteiger partial charge on any atom is -0.295 e. The molecule has 0 fully saturated rings. The minimum absolute atomic E-state index is 0.0561. The molecule has 0 radical (unpaired) electrons. The Labute approximate surface area is 116 Å². The van der Waals surface area contributed by atoms with Gasteiger partial charge in [-0.3, -0.25) is 9.78 Å². The summed E-state index contributed by atoms with van der Waals surface area (Å²) in [4.78, 5) is 19.9. The van der Waals surface area contributed by atoms with Crippen LogP contribution in [0.15, 0.2) is 24.4 Å². The lowest BCUT2D eigenvalue weighted by molar-refractivity contribution is 0.101. The molecule has 0 aliphatic heterocycles. The molecule has 0 bridgehead atoms. The number of aryl methyl sites for hydroxylation is 1. The van der Waals surface area contributed by atoms with Gasteiger partial charge >= 0.3 is 0 Å². The Kier molecular flexibility index (Phi) is 8.34. The fraction of sp³-hybridized carbons (Fsp3) is 0.438. The van der Waals surface area contributed by atoms with Crippen LogP contribution in [-0.4, -0.2) is 15.8 Å². The van der Waals surface area contributed by atoms with Crippen LogP contribution in [0.4, 0.5) is 0 Å². The van der Waals surface area contributed by atoms with E-state index in [0.717, 1.165) is 23.1 Å². The van der Waals surface area contributed by atoms with E-state index in [1.165, 1.54) is 0 Å². The fourth-order valence-electron chi connectivity index (χ4n) is 1.44. The largest absolute Gasteiger partial charge is 0.295 e. The normalized spacial score (nSPS) is 8.95. The lowest BCUT2D eigenvalue weighted by Crippen LogP contribution is -1.95. The van der Waals surface area contributed by atoms with E-state index in [4.69, 9.17) is 0 Å². The van der Waals surface area contributed by atoms with Crippen LogP contribution in [0.3, 0.4) is 0 Å². The Bertz CT molecular complexity index is 521. The molecule has 0 aliphatic rings. The molecule has 0 spiro atoms. The number of carbonyl (C=O) groups is 1. The van der Waals surface area contributed by atoms with Gasteiger partial charge in [0.25, 0.3) is 0 Å². The predicted molar refractivity (Wildman–Crippen MR) is 81.6 cm³/mol. The first-order chi connectivity index (χ1) is 9.20. The Balaban J connectivity index is 0.000000741. The molecule has 2 rings (SSSR count). The number of benzene rings is 1. The Morgan fingerprint density at radius 1 is 1.11 bits per heavy atom. The zero-order chi connectivity index (χ0) is 14.8. The molecule has 3 heteroatoms. The van der Waals surface area contributed by atoms with Crippen LogP contribution >= 0.6 is 0 Å². The van der Waals surface area contributed by atoms with Crippen LogP contribution in [-0.2, 0) is 6.42 Å². The zero-order valence-corrected chi connectivity index (χ0v) is 12.8. The van der Waals surface area contributed by atoms with Gasteiger partial charge in [-0.15, -0.1) is 0 Å². The summed E-state index contributed by atoms with van der Waals surface area (Å²) in [5, 5.41) is 0. The van der Waals surface area contributed by atoms with E-state index in [2.05, 4.69) is 9.97 Å². The second-order valence-electron chi connectivity index (χ2n) is 3.47. The van der Waals surface area contributed by atoms with E-state index >= 15 is 0 Å². The quantitative estimate of drug-likeness (QED) is 0.749. The second-order valence-corrected chi connectivity index (χ2v) is 3.47. The third kappa shape index (κ3) is 4.78. The van der Waals surface area contributed by atoms with Crippen molar-refractivity contribution in [3.63, 3.8) is 0 Å². The Morgan fingerprint density at radius 2 is 1.74 bits per heavy atom. The average molecular weight is 260 g/mol. The average Bonchev–Trinajstić information content (AvgIpc) is 2.50. The van der Waals surface area contributed by atoms with Gasteiger partial charge in [0.2, 0.25) is 0 Å². The molecule has 19 heavy (non-hydrogen) atoms. The summed E-state index contributed by atoms with van der Waals surface area (Å²) in [5.74, 6) is 0.0561. The third-order valence-corrected chi connectivity index (χ3v) is 2.36. The number of aromatic nitrogens is 2. The molecule has 0 N–H and O–H groups in total. The third-order valence-electron chi connectivity index (χ3n) is 2.36. The van der Waals surface area contributed by atoms with Crippen molar-refractivity contribution in [1.82, 2.24) is 9.97 Å². The molecule has 1 aromatic carbocycles. The topological polar surface area (TPSA) is 42.9 Å². The first-order valence-electron chi connectivity index (χ1n) is 6.97. The molecule has 2 aromatic rings. The van der Waals surface area contributed by atoms with Crippen molar-refractivity contribution in [3.8, 4) is 0 Å². The Hall–Kier alpha value is -1.77. The number of hydrogen-bond acceptors (Lipinski definition) is 3. The maximum atomic E-state index is 11.2. The number of Topliss-reactive ketones (excluding diaryl/α,β-unsaturated/α-hetero) is 1. The van der Waals surface area contributed by atoms with Crippen LogP contribution in [0.1, 0.15) is 57.6 Å². The van der Waals surface area contributed by atoms with Gasteiger partial charge in [0.15, 0.2) is 5.78 Å². The second kappa shape index (κ2) is 9.20. The molecule has 0 saturated carbocycles. The van der Waals surface area contributed by atoms with Crippen molar-refractivity contribution in [2.75, 3.05) is 0 Å². The standard InChI is InChI=1S/C12H12N2O.2C2H6/c1-3-10-7-13-11-5-4-9(8(2)15)6-12(11)14-10;2*1-2/h4-7H,3H2,1-2H3;2*1-2H3. The van der Waals surface area contributed by atoms with Gasteiger partial charge in [0.05, 0.1) is 16.7 Å². The SMILES string of the molecule is CC.CC.CCc1cnc2ccc(C(C)=O)cc2n1. The number of ketones is 1. The predicted octanol–water partition coefficient (Wildman–Crippen LogP) is 4.45. The van der Waals surface area contributed by atoms with Gasteiger partial charge in [-0.2, -0.15) is 0 Å². The van der Waals surface area contributed by atoms with Crippen molar-refractivity contribution >= 4 is 16.8 Å². The number of rotatable bonds is 2. The molecule has 3 nitrogen and oxygen atoms in total. The molecule has 104 valence electrons. The van der Waals surface area contributed by atoms with E-state index < -0.39 is 0 Å². The van der Waals surface area contributed by atoms with E-state index in [1.54, 1.807) is 25.3 Å².